The molecule has 0 saturated heterocycles. The summed E-state index contributed by atoms with van der Waals surface area (Å²) in [5, 5.41) is 2.89. The van der Waals surface area contributed by atoms with Crippen LogP contribution in [0, 0.1) is 0 Å². The highest BCUT2D eigenvalue weighted by atomic mass is 16.5. The number of aryl methyl sites for hydroxylation is 2. The van der Waals surface area contributed by atoms with E-state index in [4.69, 9.17) is 4.74 Å². The summed E-state index contributed by atoms with van der Waals surface area (Å²) in [5.41, 5.74) is 10.6. The van der Waals surface area contributed by atoms with Gasteiger partial charge in [0.15, 0.2) is 0 Å². The molecule has 0 atom stereocenters. The van der Waals surface area contributed by atoms with Crippen LogP contribution in [0.25, 0.3) is 5.57 Å². The molecule has 7 rings (SSSR count). The van der Waals surface area contributed by atoms with Crippen molar-refractivity contribution in [1.29, 1.82) is 0 Å². The van der Waals surface area contributed by atoms with Crippen LogP contribution in [0.1, 0.15) is 60.4 Å². The van der Waals surface area contributed by atoms with Gasteiger partial charge in [-0.3, -0.25) is 0 Å². The maximum absolute atomic E-state index is 6.82. The smallest absolute Gasteiger partial charge is 0.210 e. The predicted molar refractivity (Wildman–Crippen MR) is 117 cm³/mol. The van der Waals surface area contributed by atoms with E-state index in [1.54, 1.807) is 16.8 Å². The van der Waals surface area contributed by atoms with Crippen molar-refractivity contribution in [3.8, 4) is 11.5 Å². The van der Waals surface area contributed by atoms with Gasteiger partial charge < -0.3 is 9.64 Å². The highest BCUT2D eigenvalue weighted by molar-refractivity contribution is 5.83. The Morgan fingerprint density at radius 1 is 0.862 bits per heavy atom. The lowest BCUT2D eigenvalue weighted by Crippen LogP contribution is -2.45. The van der Waals surface area contributed by atoms with E-state index in [2.05, 4.69) is 28.5 Å². The average Bonchev–Trinajstić information content (AvgIpc) is 2.75. The summed E-state index contributed by atoms with van der Waals surface area (Å²) in [6.45, 7) is 7.23. The fraction of sp³-hybridized carbons (Fsp3) is 0.500. The van der Waals surface area contributed by atoms with Crippen LogP contribution in [-0.2, 0) is 25.7 Å². The molecule has 3 nitrogen and oxygen atoms in total. The van der Waals surface area contributed by atoms with Crippen LogP contribution in [0.3, 0.4) is 0 Å². The molecule has 5 aliphatic heterocycles. The van der Waals surface area contributed by atoms with Gasteiger partial charge in [-0.2, -0.15) is 0 Å². The molecule has 0 amide bonds. The first-order valence-electron chi connectivity index (χ1n) is 11.7. The van der Waals surface area contributed by atoms with E-state index in [1.165, 1.54) is 110 Å². The fourth-order valence-electron chi connectivity index (χ4n) is 6.79. The van der Waals surface area contributed by atoms with Gasteiger partial charge in [-0.1, -0.05) is 0 Å². The normalized spacial score (nSPS) is 21.1. The monoisotopic (exact) mass is 385 g/mol. The van der Waals surface area contributed by atoms with Gasteiger partial charge in [-0.05, 0) is 74.3 Å². The molecule has 0 bridgehead atoms. The van der Waals surface area contributed by atoms with Gasteiger partial charge in [0, 0.05) is 48.0 Å². The lowest BCUT2D eigenvalue weighted by molar-refractivity contribution is 0.435. The Morgan fingerprint density at radius 2 is 1.62 bits per heavy atom. The highest BCUT2D eigenvalue weighted by Crippen LogP contribution is 2.46. The standard InChI is InChI=1S/C26H29N2O/c1-16-21-14-17-6-2-11-28-13-5-9-20(25(17)28)26(21)29-22-15-18-7-3-10-27-12-4-8-19(23(16)22)24(18)27/h14-15H,2-13H2,1H3/q+1. The van der Waals surface area contributed by atoms with Crippen LogP contribution >= 0.6 is 0 Å². The number of hydrogen-bond acceptors (Lipinski definition) is 2. The van der Waals surface area contributed by atoms with Crippen LogP contribution in [0.4, 0.5) is 5.69 Å². The van der Waals surface area contributed by atoms with Crippen molar-refractivity contribution in [3.63, 3.8) is 0 Å². The Hall–Kier alpha value is -2.29. The predicted octanol–water partition coefficient (Wildman–Crippen LogP) is 3.09. The van der Waals surface area contributed by atoms with Crippen molar-refractivity contribution in [3.05, 3.63) is 50.5 Å². The molecule has 5 aliphatic rings. The minimum Gasteiger partial charge on any atom is -0.456 e. The largest absolute Gasteiger partial charge is 0.456 e. The van der Waals surface area contributed by atoms with E-state index in [1.807, 2.05) is 0 Å². The van der Waals surface area contributed by atoms with E-state index in [9.17, 15) is 0 Å². The molecule has 148 valence electrons. The van der Waals surface area contributed by atoms with E-state index in [0.717, 1.165) is 12.2 Å². The van der Waals surface area contributed by atoms with Crippen molar-refractivity contribution < 1.29 is 4.74 Å². The summed E-state index contributed by atoms with van der Waals surface area (Å²) in [7, 11) is 0. The third-order valence-electron chi connectivity index (χ3n) is 7.95. The summed E-state index contributed by atoms with van der Waals surface area (Å²) in [5.74, 6) is 2.31. The lowest BCUT2D eigenvalue weighted by atomic mass is 9.83. The van der Waals surface area contributed by atoms with Crippen LogP contribution < -0.4 is 24.8 Å². The topological polar surface area (TPSA) is 15.5 Å². The SMILES string of the molecule is CC1=c2cc3c4c(c2Oc2cc5c6c(c21)CCCN6CCC5)CCC[N+]=4CCC3. The molecule has 0 fully saturated rings. The minimum atomic E-state index is 1.14. The molecule has 2 aromatic rings. The number of fused-ring (bicyclic) bond motifs is 4. The first-order chi connectivity index (χ1) is 14.3. The second-order valence-corrected chi connectivity index (χ2v) is 9.59. The van der Waals surface area contributed by atoms with E-state index < -0.39 is 0 Å². The summed E-state index contributed by atoms with van der Waals surface area (Å²) < 4.78 is 9.45. The molecule has 5 heterocycles. The molecule has 0 N–H and O–H groups in total. The molecule has 0 aliphatic carbocycles. The van der Waals surface area contributed by atoms with Crippen molar-refractivity contribution in [2.24, 2.45) is 0 Å². The molecule has 2 aromatic carbocycles. The Morgan fingerprint density at radius 3 is 2.52 bits per heavy atom. The van der Waals surface area contributed by atoms with Crippen LogP contribution in [0.2, 0.25) is 0 Å². The zero-order chi connectivity index (χ0) is 19.1. The zero-order valence-electron chi connectivity index (χ0n) is 17.4. The van der Waals surface area contributed by atoms with Gasteiger partial charge in [0.05, 0.1) is 5.56 Å². The van der Waals surface area contributed by atoms with Crippen LogP contribution in [0.15, 0.2) is 12.1 Å². The zero-order valence-corrected chi connectivity index (χ0v) is 17.4. The van der Waals surface area contributed by atoms with Gasteiger partial charge in [-0.25, -0.2) is 4.58 Å². The van der Waals surface area contributed by atoms with E-state index >= 15 is 0 Å². The Labute approximate surface area is 172 Å². The van der Waals surface area contributed by atoms with Crippen LogP contribution in [-0.4, -0.2) is 26.2 Å². The Balaban J connectivity index is 1.57. The highest BCUT2D eigenvalue weighted by Gasteiger charge is 2.34. The summed E-state index contributed by atoms with van der Waals surface area (Å²) in [6, 6.07) is 4.88. The van der Waals surface area contributed by atoms with Crippen molar-refractivity contribution in [1.82, 2.24) is 4.58 Å². The van der Waals surface area contributed by atoms with E-state index in [-0.39, 0.29) is 0 Å². The number of ether oxygens (including phenoxy) is 1. The number of anilines is 1. The Bertz CT molecular complexity index is 1200. The maximum Gasteiger partial charge on any atom is 0.210 e. The van der Waals surface area contributed by atoms with Crippen molar-refractivity contribution in [2.45, 2.75) is 58.3 Å². The van der Waals surface area contributed by atoms with Gasteiger partial charge in [-0.15, -0.1) is 0 Å². The lowest BCUT2D eigenvalue weighted by Gasteiger charge is -2.39. The number of benzene rings is 2. The van der Waals surface area contributed by atoms with Crippen LogP contribution in [0.5, 0.6) is 11.5 Å². The molecule has 0 spiro atoms. The van der Waals surface area contributed by atoms with Gasteiger partial charge in [0.25, 0.3) is 0 Å². The molecule has 0 radical (unpaired) electrons. The molecular weight excluding hydrogens is 356 g/mol. The first-order valence-corrected chi connectivity index (χ1v) is 11.7. The summed E-state index contributed by atoms with van der Waals surface area (Å²) >= 11 is 0. The second kappa shape index (κ2) is 5.87. The molecule has 0 saturated carbocycles. The third-order valence-corrected chi connectivity index (χ3v) is 7.95. The summed E-state index contributed by atoms with van der Waals surface area (Å²) in [6.07, 6.45) is 9.87. The maximum atomic E-state index is 6.82. The number of nitrogens with zero attached hydrogens (tertiary/aromatic N) is 2. The van der Waals surface area contributed by atoms with Crippen molar-refractivity contribution in [2.75, 3.05) is 31.1 Å². The van der Waals surface area contributed by atoms with E-state index in [0.29, 0.717) is 0 Å². The molecular formula is C26H29N2O+. The second-order valence-electron chi connectivity index (χ2n) is 9.59. The molecule has 29 heavy (non-hydrogen) atoms. The summed E-state index contributed by atoms with van der Waals surface area (Å²) in [4.78, 5) is 2.65. The van der Waals surface area contributed by atoms with Gasteiger partial charge in [0.1, 0.15) is 24.6 Å². The van der Waals surface area contributed by atoms with Crippen molar-refractivity contribution >= 4 is 11.3 Å². The average molecular weight is 386 g/mol. The fourth-order valence-corrected chi connectivity index (χ4v) is 6.79. The molecule has 3 heteroatoms. The molecule has 0 aromatic heterocycles. The minimum absolute atomic E-state index is 1.14. The Kier molecular flexibility index (Phi) is 3.34. The van der Waals surface area contributed by atoms with Gasteiger partial charge >= 0.3 is 0 Å². The first kappa shape index (κ1) is 16.5. The quantitative estimate of drug-likeness (QED) is 0.648. The number of rotatable bonds is 0. The number of hydrogen-bond donors (Lipinski definition) is 0. The molecule has 0 unspecified atom stereocenters. The third kappa shape index (κ3) is 2.16. The van der Waals surface area contributed by atoms with Gasteiger partial charge in [0.2, 0.25) is 5.36 Å².